The SMILES string of the molecule is CC(=O)N[C@H](C(=O)N1C[C@H](O)C[C@H]1C(=O)NCc1ccc(-c2scnc2C)cc1OCCCCCCCc1ccc(-c2c(C)nn3c(N4CCN(CCO)CC4)cc(-c4ccccc4)nc23)cc1)C(C)(C)C. The van der Waals surface area contributed by atoms with Crippen LogP contribution in [0, 0.1) is 19.3 Å². The van der Waals surface area contributed by atoms with E-state index >= 15 is 0 Å². The number of aliphatic hydroxyl groups is 2. The lowest BCUT2D eigenvalue weighted by Crippen LogP contribution is -2.57. The number of likely N-dealkylation sites (tertiary alicyclic amines) is 1. The molecular weight excluding hydrogens is 927 g/mol. The Balaban J connectivity index is 0.852. The summed E-state index contributed by atoms with van der Waals surface area (Å²) >= 11 is 1.57. The first kappa shape index (κ1) is 52.1. The second kappa shape index (κ2) is 23.6. The van der Waals surface area contributed by atoms with Gasteiger partial charge < -0.3 is 35.4 Å². The molecule has 0 aliphatic carbocycles. The molecule has 3 aromatic carbocycles. The number of β-amino-alcohol motifs (C(OH)–C–C–N with tert-alkyl or cyclic N) is 2. The van der Waals surface area contributed by atoms with Gasteiger partial charge in [0, 0.05) is 81.9 Å². The summed E-state index contributed by atoms with van der Waals surface area (Å²) in [4.78, 5) is 56.4. The maximum absolute atomic E-state index is 13.8. The van der Waals surface area contributed by atoms with E-state index in [4.69, 9.17) is 14.8 Å². The average molecular weight is 998 g/mol. The number of benzene rings is 3. The summed E-state index contributed by atoms with van der Waals surface area (Å²) < 4.78 is 8.47. The average Bonchev–Trinajstić information content (AvgIpc) is 4.08. The van der Waals surface area contributed by atoms with Gasteiger partial charge in [-0.25, -0.2) is 9.97 Å². The fourth-order valence-corrected chi connectivity index (χ4v) is 10.7. The van der Waals surface area contributed by atoms with Crippen molar-refractivity contribution in [3.63, 3.8) is 0 Å². The van der Waals surface area contributed by atoms with Crippen LogP contribution in [-0.2, 0) is 27.3 Å². The molecule has 2 aliphatic heterocycles. The molecule has 2 saturated heterocycles. The summed E-state index contributed by atoms with van der Waals surface area (Å²) in [6.45, 7) is 16.0. The Morgan fingerprint density at radius 3 is 2.29 bits per heavy atom. The number of unbranched alkanes of at least 4 members (excludes halogenated alkanes) is 4. The zero-order chi connectivity index (χ0) is 50.9. The Hall–Kier alpha value is -6.20. The van der Waals surface area contributed by atoms with E-state index in [0.29, 0.717) is 18.9 Å². The number of piperazine rings is 1. The van der Waals surface area contributed by atoms with Crippen LogP contribution in [0.25, 0.3) is 38.5 Å². The molecule has 382 valence electrons. The van der Waals surface area contributed by atoms with Crippen molar-refractivity contribution in [2.45, 2.75) is 111 Å². The number of thiazole rings is 1. The third-order valence-corrected chi connectivity index (χ3v) is 14.9. The van der Waals surface area contributed by atoms with Crippen LogP contribution in [0.2, 0.25) is 0 Å². The minimum Gasteiger partial charge on any atom is -0.493 e. The number of carbonyl (C=O) groups excluding carboxylic acids is 3. The van der Waals surface area contributed by atoms with Crippen molar-refractivity contribution >= 4 is 40.5 Å². The van der Waals surface area contributed by atoms with Gasteiger partial charge in [0.15, 0.2) is 5.65 Å². The number of aromatic nitrogens is 4. The number of hydrogen-bond donors (Lipinski definition) is 4. The molecule has 0 bridgehead atoms. The fourth-order valence-electron chi connectivity index (χ4n) is 9.93. The molecule has 8 rings (SSSR count). The van der Waals surface area contributed by atoms with Crippen LogP contribution in [0.1, 0.15) is 88.7 Å². The van der Waals surface area contributed by atoms with Crippen molar-refractivity contribution in [2.24, 2.45) is 5.41 Å². The quantitative estimate of drug-likeness (QED) is 0.0554. The van der Waals surface area contributed by atoms with Crippen molar-refractivity contribution < 1.29 is 29.3 Å². The Morgan fingerprint density at radius 1 is 0.875 bits per heavy atom. The van der Waals surface area contributed by atoms with Gasteiger partial charge in [0.2, 0.25) is 17.7 Å². The highest BCUT2D eigenvalue weighted by molar-refractivity contribution is 7.13. The third kappa shape index (κ3) is 12.5. The normalized spacial score (nSPS) is 16.8. The van der Waals surface area contributed by atoms with Gasteiger partial charge >= 0.3 is 0 Å². The van der Waals surface area contributed by atoms with Crippen molar-refractivity contribution in [3.8, 4) is 38.6 Å². The third-order valence-electron chi connectivity index (χ3n) is 13.9. The molecule has 2 aliphatic rings. The molecule has 2 fully saturated rings. The van der Waals surface area contributed by atoms with Crippen molar-refractivity contribution in [1.29, 1.82) is 0 Å². The van der Waals surface area contributed by atoms with E-state index in [1.54, 1.807) is 11.3 Å². The molecule has 0 unspecified atom stereocenters. The lowest BCUT2D eigenvalue weighted by molar-refractivity contribution is -0.143. The molecule has 5 heterocycles. The molecule has 3 aromatic heterocycles. The topological polar surface area (TPSA) is 178 Å². The van der Waals surface area contributed by atoms with Gasteiger partial charge in [0.25, 0.3) is 0 Å². The van der Waals surface area contributed by atoms with Crippen LogP contribution in [0.5, 0.6) is 5.75 Å². The second-order valence-electron chi connectivity index (χ2n) is 20.4. The number of carbonyl (C=O) groups is 3. The molecule has 0 saturated carbocycles. The van der Waals surface area contributed by atoms with Crippen LogP contribution in [0.15, 0.2) is 84.4 Å². The summed E-state index contributed by atoms with van der Waals surface area (Å²) in [5.74, 6) is 0.619. The molecule has 4 N–H and O–H groups in total. The highest BCUT2D eigenvalue weighted by atomic mass is 32.1. The lowest BCUT2D eigenvalue weighted by atomic mass is 9.85. The minimum atomic E-state index is -0.876. The zero-order valence-corrected chi connectivity index (χ0v) is 43.5. The van der Waals surface area contributed by atoms with Gasteiger partial charge in [0.1, 0.15) is 23.7 Å². The van der Waals surface area contributed by atoms with Crippen LogP contribution in [0.4, 0.5) is 5.82 Å². The molecule has 72 heavy (non-hydrogen) atoms. The minimum absolute atomic E-state index is 0.0153. The fraction of sp³-hybridized carbons (Fsp3) is 0.464. The molecule has 3 atom stereocenters. The Morgan fingerprint density at radius 2 is 1.60 bits per heavy atom. The largest absolute Gasteiger partial charge is 0.493 e. The van der Waals surface area contributed by atoms with Gasteiger partial charge in [-0.3, -0.25) is 19.3 Å². The van der Waals surface area contributed by atoms with Gasteiger partial charge in [-0.2, -0.15) is 9.61 Å². The number of hydrogen-bond acceptors (Lipinski definition) is 12. The van der Waals surface area contributed by atoms with Crippen molar-refractivity contribution in [3.05, 3.63) is 107 Å². The molecular formula is C56H71N9O6S. The molecule has 0 spiro atoms. The highest BCUT2D eigenvalue weighted by Gasteiger charge is 2.44. The predicted molar refractivity (Wildman–Crippen MR) is 284 cm³/mol. The van der Waals surface area contributed by atoms with E-state index in [1.807, 2.05) is 74.1 Å². The van der Waals surface area contributed by atoms with Gasteiger partial charge in [-0.05, 0) is 61.3 Å². The van der Waals surface area contributed by atoms with Crippen LogP contribution in [-0.4, -0.2) is 128 Å². The first-order valence-electron chi connectivity index (χ1n) is 25.5. The molecule has 0 radical (unpaired) electrons. The summed E-state index contributed by atoms with van der Waals surface area (Å²) in [6, 6.07) is 25.6. The highest BCUT2D eigenvalue weighted by Crippen LogP contribution is 2.35. The van der Waals surface area contributed by atoms with Crippen molar-refractivity contribution in [2.75, 3.05) is 57.4 Å². The summed E-state index contributed by atoms with van der Waals surface area (Å²) in [5.41, 5.74) is 11.2. The van der Waals surface area contributed by atoms with E-state index in [2.05, 4.69) is 74.8 Å². The Kier molecular flexibility index (Phi) is 17.1. The first-order valence-corrected chi connectivity index (χ1v) is 26.4. The van der Waals surface area contributed by atoms with Gasteiger partial charge in [-0.1, -0.05) is 107 Å². The number of amides is 3. The van der Waals surface area contributed by atoms with Gasteiger partial charge in [0.05, 0.1) is 46.8 Å². The number of rotatable bonds is 20. The lowest BCUT2D eigenvalue weighted by Gasteiger charge is -2.35. The van der Waals surface area contributed by atoms with Crippen LogP contribution < -0.4 is 20.3 Å². The Bertz CT molecular complexity index is 2800. The molecule has 3 amide bonds. The van der Waals surface area contributed by atoms with E-state index in [-0.39, 0.29) is 43.8 Å². The van der Waals surface area contributed by atoms with E-state index < -0.39 is 23.6 Å². The number of aliphatic hydroxyl groups excluding tert-OH is 2. The van der Waals surface area contributed by atoms with Crippen LogP contribution >= 0.6 is 11.3 Å². The second-order valence-corrected chi connectivity index (χ2v) is 21.2. The summed E-state index contributed by atoms with van der Waals surface area (Å²) in [7, 11) is 0. The smallest absolute Gasteiger partial charge is 0.246 e. The molecule has 15 nitrogen and oxygen atoms in total. The number of nitrogens with one attached hydrogen (secondary N) is 2. The van der Waals surface area contributed by atoms with Crippen LogP contribution in [0.3, 0.4) is 0 Å². The maximum Gasteiger partial charge on any atom is 0.246 e. The number of fused-ring (bicyclic) bond motifs is 1. The zero-order valence-electron chi connectivity index (χ0n) is 42.7. The summed E-state index contributed by atoms with van der Waals surface area (Å²) in [6.07, 6.45) is 5.42. The number of anilines is 1. The Labute approximate surface area is 427 Å². The summed E-state index contributed by atoms with van der Waals surface area (Å²) in [5, 5.41) is 31.0. The number of ether oxygens (including phenoxy) is 1. The number of aryl methyl sites for hydroxylation is 3. The standard InChI is InChI=1S/C56H71N9O6S/c1-37-50(53-60-46(41-16-12-10-13-17-41)33-49(65(53)61-37)63-26-24-62(25-27-63)28-29-66)42-20-18-40(19-21-42)15-11-8-7-9-14-30-71-48-31-43(51-38(2)58-36-72-51)22-23-44(48)34-57-54(69)47-32-45(68)35-64(47)55(70)52(56(4,5)6)59-39(3)67/h10,12-13,16-23,31,33,36,45,47,52,66,68H,7-9,11,14-15,24-30,32,34-35H2,1-6H3,(H,57,69)(H,59,67)/t45-,47+,52-/m1/s1. The van der Waals surface area contributed by atoms with E-state index in [9.17, 15) is 24.6 Å². The maximum atomic E-state index is 13.8. The van der Waals surface area contributed by atoms with E-state index in [1.165, 1.54) is 17.4 Å². The van der Waals surface area contributed by atoms with Crippen molar-refractivity contribution in [1.82, 2.24) is 40.0 Å². The first-order chi connectivity index (χ1) is 34.7. The number of nitrogens with zero attached hydrogens (tertiary/aromatic N) is 7. The monoisotopic (exact) mass is 998 g/mol. The van der Waals surface area contributed by atoms with Gasteiger partial charge in [-0.15, -0.1) is 11.3 Å². The van der Waals surface area contributed by atoms with E-state index in [0.717, 1.165) is 126 Å². The molecule has 6 aromatic rings. The predicted octanol–water partition coefficient (Wildman–Crippen LogP) is 7.62. The molecule has 16 heteroatoms.